The van der Waals surface area contributed by atoms with Crippen molar-refractivity contribution in [2.24, 2.45) is 5.11 Å². The highest BCUT2D eigenvalue weighted by Gasteiger charge is 2.56. The molecule has 1 aliphatic heterocycles. The van der Waals surface area contributed by atoms with Crippen molar-refractivity contribution in [3.63, 3.8) is 0 Å². The van der Waals surface area contributed by atoms with E-state index in [9.17, 15) is 5.11 Å². The first kappa shape index (κ1) is 34.7. The number of aliphatic hydroxyl groups is 1. The van der Waals surface area contributed by atoms with Gasteiger partial charge in [-0.15, -0.1) is 22.9 Å². The van der Waals surface area contributed by atoms with E-state index in [1.165, 1.54) is 24.6 Å². The number of nitrogens with zero attached hydrogens (tertiary/aromatic N) is 4. The molecular formula is C11H20ClN6O14P3S. The van der Waals surface area contributed by atoms with E-state index in [2.05, 4.69) is 20.0 Å². The summed E-state index contributed by atoms with van der Waals surface area (Å²) in [4.78, 5) is 77.1. The van der Waals surface area contributed by atoms with Crippen LogP contribution in [-0.2, 0) is 18.4 Å². The van der Waals surface area contributed by atoms with Crippen molar-refractivity contribution in [1.29, 1.82) is 5.53 Å². The maximum atomic E-state index is 10.2. The molecule has 25 heteroatoms. The Morgan fingerprint density at radius 3 is 2.03 bits per heavy atom. The molecule has 0 unspecified atom stereocenters. The van der Waals surface area contributed by atoms with Gasteiger partial charge >= 0.3 is 15.6 Å². The number of nitrogens with two attached hydrogens (primary N) is 1. The second-order valence-electron chi connectivity index (χ2n) is 6.33. The van der Waals surface area contributed by atoms with Crippen LogP contribution < -0.4 is 15.5 Å². The number of phosphoric acid groups is 3. The molecule has 0 aromatic carbocycles. The fourth-order valence-electron chi connectivity index (χ4n) is 2.36. The number of nitrogen functional groups attached to an aromatic ring is 1. The molecule has 1 saturated heterocycles. The predicted octanol–water partition coefficient (Wildman–Crippen LogP) is -1.84. The molecule has 0 amide bonds. The van der Waals surface area contributed by atoms with Gasteiger partial charge in [0.25, 0.3) is 13.5 Å². The first-order valence-corrected chi connectivity index (χ1v) is 14.3. The molecule has 0 bridgehead atoms. The average molecular weight is 621 g/mol. The van der Waals surface area contributed by atoms with Crippen molar-refractivity contribution in [3.05, 3.63) is 17.3 Å². The normalized spacial score (nSPS) is 23.7. The van der Waals surface area contributed by atoms with Crippen LogP contribution in [0.15, 0.2) is 16.8 Å². The van der Waals surface area contributed by atoms with E-state index >= 15 is 0 Å². The number of aromatic nitrogens is 2. The fourth-order valence-corrected chi connectivity index (χ4v) is 3.73. The Morgan fingerprint density at radius 1 is 1.17 bits per heavy atom. The maximum absolute atomic E-state index is 10.2. The van der Waals surface area contributed by atoms with Gasteiger partial charge in [-0.3, -0.25) is 4.57 Å². The van der Waals surface area contributed by atoms with Crippen LogP contribution in [0.2, 0.25) is 0 Å². The lowest BCUT2D eigenvalue weighted by molar-refractivity contribution is -0.214. The lowest BCUT2D eigenvalue weighted by Crippen LogP contribution is -2.37. The van der Waals surface area contributed by atoms with E-state index in [1.807, 2.05) is 5.38 Å². The van der Waals surface area contributed by atoms with Crippen molar-refractivity contribution >= 4 is 62.4 Å². The summed E-state index contributed by atoms with van der Waals surface area (Å²) in [6.07, 6.45) is -0.349. The van der Waals surface area contributed by atoms with E-state index in [1.54, 1.807) is 0 Å². The third-order valence-electron chi connectivity index (χ3n) is 3.47. The van der Waals surface area contributed by atoms with Gasteiger partial charge < -0.3 is 59.6 Å². The molecule has 0 saturated carbocycles. The van der Waals surface area contributed by atoms with E-state index in [0.717, 1.165) is 4.70 Å². The number of alkyl halides is 1. The zero-order chi connectivity index (χ0) is 28.7. The van der Waals surface area contributed by atoms with Crippen LogP contribution in [0.3, 0.4) is 0 Å². The highest BCUT2D eigenvalue weighted by Crippen LogP contribution is 2.46. The second kappa shape index (κ2) is 13.5. The number of aliphatic hydroxyl groups excluding tert-OH is 1. The summed E-state index contributed by atoms with van der Waals surface area (Å²) in [7, 11) is -14.2. The topological polar surface area (TPSA) is 368 Å². The number of nitrogens with one attached hydrogen (secondary N) is 1. The molecule has 12 N–H and O–H groups in total. The van der Waals surface area contributed by atoms with E-state index in [-0.39, 0.29) is 0 Å². The number of fused-ring (bicyclic) bond motifs is 1. The minimum Gasteiger partial charge on any atom is -0.756 e. The predicted molar refractivity (Wildman–Crippen MR) is 118 cm³/mol. The molecular weight excluding hydrogens is 601 g/mol. The van der Waals surface area contributed by atoms with Crippen LogP contribution in [-0.4, -0.2) is 71.4 Å². The van der Waals surface area contributed by atoms with Gasteiger partial charge in [-0.2, -0.15) is 0 Å². The van der Waals surface area contributed by atoms with Gasteiger partial charge in [-0.25, -0.2) is 19.1 Å². The average Bonchev–Trinajstić information content (AvgIpc) is 3.14. The van der Waals surface area contributed by atoms with Gasteiger partial charge in [0.15, 0.2) is 5.11 Å². The maximum Gasteiger partial charge on any atom is 0.466 e. The van der Waals surface area contributed by atoms with Crippen molar-refractivity contribution in [3.8, 4) is 0 Å². The minimum absolute atomic E-state index is 0.384. The summed E-state index contributed by atoms with van der Waals surface area (Å²) in [5.41, 5.74) is 12.6. The van der Waals surface area contributed by atoms with Gasteiger partial charge in [-0.1, -0.05) is 0 Å². The third-order valence-corrected chi connectivity index (χ3v) is 4.95. The Labute approximate surface area is 209 Å². The van der Waals surface area contributed by atoms with Crippen LogP contribution in [0.5, 0.6) is 0 Å². The van der Waals surface area contributed by atoms with Crippen LogP contribution in [0, 0.1) is 5.53 Å². The zero-order valence-corrected chi connectivity index (χ0v) is 21.7. The second-order valence-corrected chi connectivity index (χ2v) is 10.7. The highest BCUT2D eigenvalue weighted by atomic mass is 35.5. The van der Waals surface area contributed by atoms with Crippen molar-refractivity contribution in [2.75, 3.05) is 5.73 Å². The number of hydrogen-bond donors (Lipinski definition) is 11. The van der Waals surface area contributed by atoms with Crippen molar-refractivity contribution in [2.45, 2.75) is 30.2 Å². The number of rotatable bonds is 2. The standard InChI is InChI=1S/C11H12ClN6O2S.3H3O4P/c1-11(17-18-14)9(19)5(12)7(20-11)4-2-21-8-6(4)15-3-16-10(8)13;3*1-5(2,3)4/h2-3,5,7,9,14,19H,1H3,(H2,13,15,16);3*(H3,1,2,3,4)/q+1;;;/p-1/t5-,7-,9-,11+;;;/m0.../s1. The third kappa shape index (κ3) is 13.8. The number of halogens is 1. The molecule has 20 nitrogen and oxygen atoms in total. The van der Waals surface area contributed by atoms with Crippen LogP contribution >= 0.6 is 46.4 Å². The van der Waals surface area contributed by atoms with Gasteiger partial charge in [-0.05, 0) is 12.3 Å². The highest BCUT2D eigenvalue weighted by molar-refractivity contribution is 7.45. The van der Waals surface area contributed by atoms with E-state index < -0.39 is 46.8 Å². The van der Waals surface area contributed by atoms with Crippen molar-refractivity contribution in [1.82, 2.24) is 14.9 Å². The van der Waals surface area contributed by atoms with E-state index in [0.29, 0.717) is 16.9 Å². The number of ether oxygens (including phenoxy) is 1. The number of hydrogen-bond acceptors (Lipinski definition) is 12. The van der Waals surface area contributed by atoms with Gasteiger partial charge in [0.1, 0.15) is 29.9 Å². The smallest absolute Gasteiger partial charge is 0.466 e. The summed E-state index contributed by atoms with van der Waals surface area (Å²) in [5, 5.41) is 14.9. The molecule has 4 atom stereocenters. The lowest BCUT2D eigenvalue weighted by Gasteiger charge is -2.14. The number of anilines is 1. The van der Waals surface area contributed by atoms with Crippen LogP contribution in [0.25, 0.3) is 10.2 Å². The summed E-state index contributed by atoms with van der Waals surface area (Å²) < 4.78 is 33.0. The zero-order valence-electron chi connectivity index (χ0n) is 17.4. The molecule has 0 aliphatic carbocycles. The van der Waals surface area contributed by atoms with E-state index in [4.69, 9.17) is 85.3 Å². The monoisotopic (exact) mass is 620 g/mol. The Hall–Kier alpha value is -1.31. The quantitative estimate of drug-likeness (QED) is 0.0759. The molecule has 1 fully saturated rings. The SMILES string of the molecule is C[C@@]1(N=[N+]=N)O[C@@H](c2csc3c(N)ncnc23)[C@H](Cl)[C@@H]1O.O=P(O)(O)O.O=P(O)(O)O.O=P([O-])(O)O. The van der Waals surface area contributed by atoms with Gasteiger partial charge in [0, 0.05) is 5.56 Å². The Bertz CT molecular complexity index is 1140. The molecule has 2 aromatic rings. The van der Waals surface area contributed by atoms with Crippen molar-refractivity contribution < 1.29 is 67.6 Å². The first-order valence-electron chi connectivity index (χ1n) is 8.37. The summed E-state index contributed by atoms with van der Waals surface area (Å²) >= 11 is 7.66. The summed E-state index contributed by atoms with van der Waals surface area (Å²) in [6, 6.07) is 0. The molecule has 2 aromatic heterocycles. The lowest BCUT2D eigenvalue weighted by atomic mass is 10.0. The Balaban J connectivity index is 0.000000672. The first-order chi connectivity index (χ1) is 16.0. The molecule has 206 valence electrons. The van der Waals surface area contributed by atoms with Crippen LogP contribution in [0.1, 0.15) is 18.6 Å². The number of thiophene rings is 1. The molecule has 0 spiro atoms. The largest absolute Gasteiger partial charge is 0.756 e. The molecule has 3 rings (SSSR count). The van der Waals surface area contributed by atoms with Gasteiger partial charge in [0.05, 0.1) is 15.6 Å². The van der Waals surface area contributed by atoms with Crippen LogP contribution in [0.4, 0.5) is 5.82 Å². The molecule has 0 radical (unpaired) electrons. The minimum atomic E-state index is -4.89. The molecule has 1 aliphatic rings. The Kier molecular flexibility index (Phi) is 13.0. The molecule has 3 heterocycles. The Morgan fingerprint density at radius 2 is 1.61 bits per heavy atom. The molecule has 36 heavy (non-hydrogen) atoms. The van der Waals surface area contributed by atoms with Gasteiger partial charge in [0.2, 0.25) is 4.91 Å². The summed E-state index contributed by atoms with van der Waals surface area (Å²) in [5.74, 6) is 0.384. The fraction of sp³-hybridized carbons (Fsp3) is 0.455. The summed E-state index contributed by atoms with van der Waals surface area (Å²) in [6.45, 7) is 1.53.